The number of guanidine groups is 1. The van der Waals surface area contributed by atoms with Gasteiger partial charge in [0.05, 0.1) is 6.54 Å². The number of hydrogen-bond donors (Lipinski definition) is 2. The highest BCUT2D eigenvalue weighted by Gasteiger charge is 2.16. The Balaban J connectivity index is 1.59. The summed E-state index contributed by atoms with van der Waals surface area (Å²) in [6, 6.07) is 16.7. The van der Waals surface area contributed by atoms with Gasteiger partial charge in [-0.25, -0.2) is 4.99 Å². The average Bonchev–Trinajstić information content (AvgIpc) is 2.70. The fourth-order valence-electron chi connectivity index (χ4n) is 3.37. The zero-order valence-corrected chi connectivity index (χ0v) is 16.5. The third-order valence-corrected chi connectivity index (χ3v) is 5.17. The van der Waals surface area contributed by atoms with Crippen LogP contribution < -0.4 is 11.1 Å². The van der Waals surface area contributed by atoms with E-state index in [-0.39, 0.29) is 0 Å². The number of hydrogen-bond acceptors (Lipinski definition) is 3. The van der Waals surface area contributed by atoms with Gasteiger partial charge in [-0.3, -0.25) is 4.90 Å². The van der Waals surface area contributed by atoms with E-state index in [9.17, 15) is 0 Å². The Kier molecular flexibility index (Phi) is 6.85. The zero-order valence-electron chi connectivity index (χ0n) is 16.5. The van der Waals surface area contributed by atoms with E-state index in [1.54, 1.807) is 0 Å². The molecule has 5 heteroatoms. The molecule has 3 rings (SSSR count). The van der Waals surface area contributed by atoms with E-state index >= 15 is 0 Å². The van der Waals surface area contributed by atoms with Gasteiger partial charge >= 0.3 is 0 Å². The molecular formula is C22H31N5. The van der Waals surface area contributed by atoms with Crippen molar-refractivity contribution in [2.24, 2.45) is 10.7 Å². The largest absolute Gasteiger partial charge is 0.370 e. The summed E-state index contributed by atoms with van der Waals surface area (Å²) in [5, 5.41) is 3.16. The van der Waals surface area contributed by atoms with Gasteiger partial charge in [0.1, 0.15) is 0 Å². The molecule has 1 heterocycles. The Morgan fingerprint density at radius 2 is 1.59 bits per heavy atom. The molecule has 1 fully saturated rings. The van der Waals surface area contributed by atoms with Crippen LogP contribution in [0.1, 0.15) is 23.6 Å². The second-order valence-corrected chi connectivity index (χ2v) is 7.17. The molecule has 1 aliphatic rings. The third-order valence-electron chi connectivity index (χ3n) is 5.17. The third kappa shape index (κ3) is 5.81. The maximum atomic E-state index is 6.08. The van der Waals surface area contributed by atoms with E-state index in [0.29, 0.717) is 12.5 Å². The highest BCUT2D eigenvalue weighted by atomic mass is 15.3. The van der Waals surface area contributed by atoms with Gasteiger partial charge in [0.2, 0.25) is 0 Å². The van der Waals surface area contributed by atoms with Gasteiger partial charge in [-0.2, -0.15) is 0 Å². The molecule has 0 atom stereocenters. The number of likely N-dealkylation sites (N-methyl/N-ethyl adjacent to an activating group) is 1. The van der Waals surface area contributed by atoms with Crippen LogP contribution in [0, 0.1) is 6.92 Å². The Morgan fingerprint density at radius 3 is 2.26 bits per heavy atom. The summed E-state index contributed by atoms with van der Waals surface area (Å²) in [6.45, 7) is 11.6. The lowest BCUT2D eigenvalue weighted by Gasteiger charge is -2.34. The lowest BCUT2D eigenvalue weighted by atomic mass is 10.1. The second kappa shape index (κ2) is 9.53. The number of aliphatic imine (C=N–C) groups is 1. The van der Waals surface area contributed by atoms with Crippen molar-refractivity contribution in [1.82, 2.24) is 9.80 Å². The minimum absolute atomic E-state index is 0.449. The molecule has 0 bridgehead atoms. The van der Waals surface area contributed by atoms with Crippen LogP contribution in [0.25, 0.3) is 0 Å². The number of nitrogens with zero attached hydrogens (tertiary/aromatic N) is 3. The molecular weight excluding hydrogens is 334 g/mol. The molecule has 27 heavy (non-hydrogen) atoms. The minimum atomic E-state index is 0.449. The van der Waals surface area contributed by atoms with Crippen molar-refractivity contribution in [2.45, 2.75) is 26.9 Å². The molecule has 0 unspecified atom stereocenters. The highest BCUT2D eigenvalue weighted by Crippen LogP contribution is 2.15. The predicted octanol–water partition coefficient (Wildman–Crippen LogP) is 3.06. The van der Waals surface area contributed by atoms with E-state index in [1.807, 2.05) is 12.1 Å². The topological polar surface area (TPSA) is 56.9 Å². The van der Waals surface area contributed by atoms with Gasteiger partial charge in [0.15, 0.2) is 5.96 Å². The van der Waals surface area contributed by atoms with Crippen molar-refractivity contribution < 1.29 is 0 Å². The van der Waals surface area contributed by atoms with Crippen LogP contribution in [0.4, 0.5) is 5.69 Å². The van der Waals surface area contributed by atoms with Crippen LogP contribution in [0.5, 0.6) is 0 Å². The number of piperazine rings is 1. The SMILES string of the molecule is CCN1CCN(Cc2ccccc2CN=C(N)Nc2ccc(C)cc2)CC1. The molecule has 0 radical (unpaired) electrons. The fraction of sp³-hybridized carbons (Fsp3) is 0.409. The summed E-state index contributed by atoms with van der Waals surface area (Å²) >= 11 is 0. The molecule has 0 aliphatic carbocycles. The minimum Gasteiger partial charge on any atom is -0.370 e. The van der Waals surface area contributed by atoms with E-state index in [1.165, 1.54) is 16.7 Å². The Morgan fingerprint density at radius 1 is 0.963 bits per heavy atom. The molecule has 0 amide bonds. The standard InChI is InChI=1S/C22H31N5/c1-3-26-12-14-27(15-13-26)17-20-7-5-4-6-19(20)16-24-22(23)25-21-10-8-18(2)9-11-21/h4-11H,3,12-17H2,1-2H3,(H3,23,24,25). The Hall–Kier alpha value is -2.37. The van der Waals surface area contributed by atoms with Crippen LogP contribution in [0.3, 0.4) is 0 Å². The highest BCUT2D eigenvalue weighted by molar-refractivity contribution is 5.92. The molecule has 2 aromatic carbocycles. The van der Waals surface area contributed by atoms with Crippen molar-refractivity contribution in [2.75, 3.05) is 38.0 Å². The summed E-state index contributed by atoms with van der Waals surface area (Å²) in [6.07, 6.45) is 0. The van der Waals surface area contributed by atoms with E-state index < -0.39 is 0 Å². The zero-order chi connectivity index (χ0) is 19.1. The Labute approximate surface area is 162 Å². The van der Waals surface area contributed by atoms with Crippen LogP contribution >= 0.6 is 0 Å². The summed E-state index contributed by atoms with van der Waals surface area (Å²) in [5.41, 5.74) is 10.8. The quantitative estimate of drug-likeness (QED) is 0.610. The summed E-state index contributed by atoms with van der Waals surface area (Å²) in [5.74, 6) is 0.449. The first-order valence-corrected chi connectivity index (χ1v) is 9.79. The smallest absolute Gasteiger partial charge is 0.193 e. The molecule has 0 saturated carbocycles. The second-order valence-electron chi connectivity index (χ2n) is 7.17. The van der Waals surface area contributed by atoms with Crippen LogP contribution in [0.2, 0.25) is 0 Å². The first kappa shape index (κ1) is 19.4. The normalized spacial score (nSPS) is 16.4. The van der Waals surface area contributed by atoms with E-state index in [0.717, 1.165) is 45.0 Å². The van der Waals surface area contributed by atoms with Gasteiger partial charge in [0.25, 0.3) is 0 Å². The van der Waals surface area contributed by atoms with Crippen LogP contribution in [-0.4, -0.2) is 48.5 Å². The number of aryl methyl sites for hydroxylation is 1. The van der Waals surface area contributed by atoms with Crippen molar-refractivity contribution in [3.05, 3.63) is 65.2 Å². The number of nitrogens with one attached hydrogen (secondary N) is 1. The van der Waals surface area contributed by atoms with E-state index in [2.05, 4.69) is 70.4 Å². The van der Waals surface area contributed by atoms with Crippen molar-refractivity contribution in [3.8, 4) is 0 Å². The maximum absolute atomic E-state index is 6.08. The average molecular weight is 366 g/mol. The van der Waals surface area contributed by atoms with Gasteiger partial charge in [0, 0.05) is 38.4 Å². The first-order valence-electron chi connectivity index (χ1n) is 9.79. The summed E-state index contributed by atoms with van der Waals surface area (Å²) in [7, 11) is 0. The summed E-state index contributed by atoms with van der Waals surface area (Å²) < 4.78 is 0. The maximum Gasteiger partial charge on any atom is 0.193 e. The molecule has 5 nitrogen and oxygen atoms in total. The predicted molar refractivity (Wildman–Crippen MR) is 114 cm³/mol. The lowest BCUT2D eigenvalue weighted by Crippen LogP contribution is -2.45. The molecule has 3 N–H and O–H groups in total. The number of nitrogens with two attached hydrogens (primary N) is 1. The van der Waals surface area contributed by atoms with Gasteiger partial charge in [-0.15, -0.1) is 0 Å². The molecule has 1 aliphatic heterocycles. The van der Waals surface area contributed by atoms with Gasteiger partial charge in [-0.05, 0) is 36.7 Å². The fourth-order valence-corrected chi connectivity index (χ4v) is 3.37. The van der Waals surface area contributed by atoms with Crippen molar-refractivity contribution in [3.63, 3.8) is 0 Å². The first-order chi connectivity index (χ1) is 13.1. The van der Waals surface area contributed by atoms with Crippen LogP contribution in [0.15, 0.2) is 53.5 Å². The van der Waals surface area contributed by atoms with Gasteiger partial charge < -0.3 is 16.0 Å². The molecule has 0 spiro atoms. The summed E-state index contributed by atoms with van der Waals surface area (Å²) in [4.78, 5) is 9.58. The molecule has 1 saturated heterocycles. The number of rotatable bonds is 6. The van der Waals surface area contributed by atoms with Crippen molar-refractivity contribution in [1.29, 1.82) is 0 Å². The monoisotopic (exact) mass is 365 g/mol. The van der Waals surface area contributed by atoms with Crippen molar-refractivity contribution >= 4 is 11.6 Å². The van der Waals surface area contributed by atoms with Gasteiger partial charge in [-0.1, -0.05) is 48.9 Å². The molecule has 0 aromatic heterocycles. The molecule has 144 valence electrons. The lowest BCUT2D eigenvalue weighted by molar-refractivity contribution is 0.131. The number of anilines is 1. The van der Waals surface area contributed by atoms with Crippen LogP contribution in [-0.2, 0) is 13.1 Å². The number of benzene rings is 2. The molecule has 2 aromatic rings. The van der Waals surface area contributed by atoms with E-state index in [4.69, 9.17) is 5.73 Å². The Bertz CT molecular complexity index is 746.